The maximum absolute atomic E-state index is 13.2. The second-order valence-electron chi connectivity index (χ2n) is 6.32. The van der Waals surface area contributed by atoms with Gasteiger partial charge in [0.1, 0.15) is 5.75 Å². The minimum atomic E-state index is -3.09. The predicted octanol–water partition coefficient (Wildman–Crippen LogP) is 3.29. The lowest BCUT2D eigenvalue weighted by Crippen LogP contribution is -2.40. The summed E-state index contributed by atoms with van der Waals surface area (Å²) in [7, 11) is -1.50. The number of hydrogen-bond acceptors (Lipinski definition) is 4. The van der Waals surface area contributed by atoms with Crippen molar-refractivity contribution in [1.29, 1.82) is 0 Å². The van der Waals surface area contributed by atoms with Crippen LogP contribution in [0.1, 0.15) is 22.3 Å². The van der Waals surface area contributed by atoms with Crippen LogP contribution in [-0.4, -0.2) is 43.9 Å². The molecule has 0 unspecified atom stereocenters. The first-order chi connectivity index (χ1) is 12.4. The van der Waals surface area contributed by atoms with Crippen molar-refractivity contribution in [1.82, 2.24) is 4.90 Å². The van der Waals surface area contributed by atoms with E-state index in [1.807, 2.05) is 36.4 Å². The largest absolute Gasteiger partial charge is 0.497 e. The van der Waals surface area contributed by atoms with E-state index in [9.17, 15) is 13.2 Å². The summed E-state index contributed by atoms with van der Waals surface area (Å²) in [6, 6.07) is 14.3. The van der Waals surface area contributed by atoms with Gasteiger partial charge < -0.3 is 9.64 Å². The number of amides is 1. The minimum Gasteiger partial charge on any atom is -0.497 e. The highest BCUT2D eigenvalue weighted by Crippen LogP contribution is 2.25. The smallest absolute Gasteiger partial charge is 0.255 e. The topological polar surface area (TPSA) is 63.7 Å². The Hall–Kier alpha value is -1.86. The summed E-state index contributed by atoms with van der Waals surface area (Å²) in [6.07, 6.45) is 0.467. The molecule has 1 heterocycles. The lowest BCUT2D eigenvalue weighted by molar-refractivity contribution is 0.0680. The highest BCUT2D eigenvalue weighted by molar-refractivity contribution is 9.10. The van der Waals surface area contributed by atoms with Crippen molar-refractivity contribution in [3.05, 3.63) is 64.1 Å². The molecule has 1 amide bonds. The number of nitrogens with zero attached hydrogens (tertiary/aromatic N) is 1. The maximum Gasteiger partial charge on any atom is 0.255 e. The van der Waals surface area contributed by atoms with Crippen molar-refractivity contribution >= 4 is 31.7 Å². The van der Waals surface area contributed by atoms with Crippen molar-refractivity contribution < 1.29 is 17.9 Å². The summed E-state index contributed by atoms with van der Waals surface area (Å²) in [5.41, 5.74) is 1.46. The van der Waals surface area contributed by atoms with Gasteiger partial charge in [-0.1, -0.05) is 24.3 Å². The Morgan fingerprint density at radius 3 is 2.46 bits per heavy atom. The van der Waals surface area contributed by atoms with E-state index >= 15 is 0 Å². The number of halogens is 1. The molecular weight excluding hydrogens is 418 g/mol. The van der Waals surface area contributed by atoms with Gasteiger partial charge in [0.25, 0.3) is 5.91 Å². The molecule has 0 aliphatic carbocycles. The number of methoxy groups -OCH3 is 1. The molecule has 0 radical (unpaired) electrons. The number of rotatable bonds is 5. The molecule has 1 saturated heterocycles. The number of benzene rings is 2. The molecule has 26 heavy (non-hydrogen) atoms. The SMILES string of the molecule is COc1ccc(CN(C(=O)c2ccccc2Br)[C@@H]2CCS(=O)(=O)C2)cc1. The van der Waals surface area contributed by atoms with Crippen molar-refractivity contribution in [2.75, 3.05) is 18.6 Å². The summed E-state index contributed by atoms with van der Waals surface area (Å²) >= 11 is 3.42. The van der Waals surface area contributed by atoms with Crippen LogP contribution in [0.2, 0.25) is 0 Å². The zero-order chi connectivity index (χ0) is 18.7. The van der Waals surface area contributed by atoms with Gasteiger partial charge in [0.05, 0.1) is 24.2 Å². The third-order valence-corrected chi connectivity index (χ3v) is 6.97. The van der Waals surface area contributed by atoms with Gasteiger partial charge in [-0.3, -0.25) is 4.79 Å². The first-order valence-electron chi connectivity index (χ1n) is 8.28. The van der Waals surface area contributed by atoms with E-state index in [0.717, 1.165) is 11.3 Å². The standard InChI is InChI=1S/C19H20BrNO4S/c1-25-16-8-6-14(7-9-16)12-21(15-10-11-26(23,24)13-15)19(22)17-4-2-3-5-18(17)20/h2-9,15H,10-13H2,1H3/t15-/m1/s1. The Morgan fingerprint density at radius 2 is 1.88 bits per heavy atom. The van der Waals surface area contributed by atoms with Gasteiger partial charge in [0, 0.05) is 17.1 Å². The van der Waals surface area contributed by atoms with Gasteiger partial charge in [-0.2, -0.15) is 0 Å². The second kappa shape index (κ2) is 7.80. The predicted molar refractivity (Wildman–Crippen MR) is 104 cm³/mol. The highest BCUT2D eigenvalue weighted by atomic mass is 79.9. The number of carbonyl (C=O) groups is 1. The maximum atomic E-state index is 13.2. The fourth-order valence-electron chi connectivity index (χ4n) is 3.10. The molecule has 2 aromatic carbocycles. The molecule has 0 spiro atoms. The molecular formula is C19H20BrNO4S. The van der Waals surface area contributed by atoms with E-state index in [0.29, 0.717) is 23.0 Å². The van der Waals surface area contributed by atoms with E-state index in [1.165, 1.54) is 0 Å². The summed E-state index contributed by atoms with van der Waals surface area (Å²) < 4.78 is 29.8. The third-order valence-electron chi connectivity index (χ3n) is 4.53. The van der Waals surface area contributed by atoms with Crippen molar-refractivity contribution in [2.24, 2.45) is 0 Å². The van der Waals surface area contributed by atoms with Crippen LogP contribution < -0.4 is 4.74 Å². The Balaban J connectivity index is 1.91. The Bertz CT molecular complexity index is 896. The van der Waals surface area contributed by atoms with Gasteiger partial charge in [-0.05, 0) is 52.2 Å². The first-order valence-corrected chi connectivity index (χ1v) is 10.9. The van der Waals surface area contributed by atoms with E-state index in [2.05, 4.69) is 15.9 Å². The molecule has 0 aromatic heterocycles. The van der Waals surface area contributed by atoms with E-state index in [-0.39, 0.29) is 23.5 Å². The van der Waals surface area contributed by atoms with E-state index in [4.69, 9.17) is 4.74 Å². The Kier molecular flexibility index (Phi) is 5.67. The van der Waals surface area contributed by atoms with Gasteiger partial charge in [-0.25, -0.2) is 8.42 Å². The minimum absolute atomic E-state index is 0.0132. The van der Waals surface area contributed by atoms with Crippen molar-refractivity contribution in [3.63, 3.8) is 0 Å². The molecule has 1 fully saturated rings. The molecule has 0 bridgehead atoms. The second-order valence-corrected chi connectivity index (χ2v) is 9.40. The summed E-state index contributed by atoms with van der Waals surface area (Å²) in [6.45, 7) is 0.352. The normalized spacial score (nSPS) is 18.5. The van der Waals surface area contributed by atoms with Gasteiger partial charge in [0.2, 0.25) is 0 Å². The average molecular weight is 438 g/mol. The molecule has 2 aromatic rings. The zero-order valence-corrected chi connectivity index (χ0v) is 16.8. The molecule has 1 aliphatic heterocycles. The number of hydrogen-bond donors (Lipinski definition) is 0. The van der Waals surface area contributed by atoms with Gasteiger partial charge >= 0.3 is 0 Å². The Morgan fingerprint density at radius 1 is 1.19 bits per heavy atom. The molecule has 1 aliphatic rings. The van der Waals surface area contributed by atoms with Crippen LogP contribution in [-0.2, 0) is 16.4 Å². The van der Waals surface area contributed by atoms with Crippen LogP contribution in [0.3, 0.4) is 0 Å². The van der Waals surface area contributed by atoms with Gasteiger partial charge in [-0.15, -0.1) is 0 Å². The number of ether oxygens (including phenoxy) is 1. The van der Waals surface area contributed by atoms with Gasteiger partial charge in [0.15, 0.2) is 9.84 Å². The molecule has 138 valence electrons. The highest BCUT2D eigenvalue weighted by Gasteiger charge is 2.35. The third kappa shape index (κ3) is 4.27. The van der Waals surface area contributed by atoms with Crippen LogP contribution in [0.4, 0.5) is 0 Å². The van der Waals surface area contributed by atoms with E-state index < -0.39 is 9.84 Å². The number of sulfone groups is 1. The molecule has 3 rings (SSSR count). The average Bonchev–Trinajstić information content (AvgIpc) is 2.99. The summed E-state index contributed by atoms with van der Waals surface area (Å²) in [5, 5.41) is 0. The lowest BCUT2D eigenvalue weighted by atomic mass is 10.1. The summed E-state index contributed by atoms with van der Waals surface area (Å²) in [4.78, 5) is 14.8. The molecule has 5 nitrogen and oxygen atoms in total. The Labute approximate surface area is 162 Å². The zero-order valence-electron chi connectivity index (χ0n) is 14.4. The molecule has 1 atom stereocenters. The van der Waals surface area contributed by atoms with Crippen LogP contribution >= 0.6 is 15.9 Å². The fourth-order valence-corrected chi connectivity index (χ4v) is 5.29. The lowest BCUT2D eigenvalue weighted by Gasteiger charge is -2.29. The molecule has 0 saturated carbocycles. The van der Waals surface area contributed by atoms with Crippen molar-refractivity contribution in [3.8, 4) is 5.75 Å². The summed E-state index contributed by atoms with van der Waals surface area (Å²) in [5.74, 6) is 0.704. The van der Waals surface area contributed by atoms with Crippen molar-refractivity contribution in [2.45, 2.75) is 19.0 Å². The monoisotopic (exact) mass is 437 g/mol. The number of carbonyl (C=O) groups excluding carboxylic acids is 1. The van der Waals surface area contributed by atoms with Crippen LogP contribution in [0, 0.1) is 0 Å². The van der Waals surface area contributed by atoms with E-state index in [1.54, 1.807) is 24.1 Å². The first kappa shape index (κ1) is 18.9. The fraction of sp³-hybridized carbons (Fsp3) is 0.316. The van der Waals surface area contributed by atoms with Crippen LogP contribution in [0.25, 0.3) is 0 Å². The molecule has 7 heteroatoms. The quantitative estimate of drug-likeness (QED) is 0.719. The van der Waals surface area contributed by atoms with Crippen LogP contribution in [0.5, 0.6) is 5.75 Å². The molecule has 0 N–H and O–H groups in total. The van der Waals surface area contributed by atoms with Crippen LogP contribution in [0.15, 0.2) is 53.0 Å².